The molecule has 1 aliphatic heterocycles. The number of aryl methyl sites for hydroxylation is 2. The second-order valence-electron chi connectivity index (χ2n) is 6.05. The Bertz CT molecular complexity index is 668. The van der Waals surface area contributed by atoms with Crippen molar-refractivity contribution in [1.82, 2.24) is 14.5 Å². The standard InChI is InChI=1S/C15H22N4S/c1-9-10(2)19(8-15(4)6-5-7-20-15)14-12(9)13(16)17-11(3)18-14/h5-8H2,1-4H3,(H2,16,17,18). The van der Waals surface area contributed by atoms with E-state index in [-0.39, 0.29) is 0 Å². The topological polar surface area (TPSA) is 56.7 Å². The molecule has 0 radical (unpaired) electrons. The minimum Gasteiger partial charge on any atom is -0.383 e. The molecular weight excluding hydrogens is 268 g/mol. The highest BCUT2D eigenvalue weighted by molar-refractivity contribution is 8.00. The molecule has 0 bridgehead atoms. The second-order valence-corrected chi connectivity index (χ2v) is 7.74. The van der Waals surface area contributed by atoms with Crippen molar-refractivity contribution in [2.75, 3.05) is 11.5 Å². The molecule has 0 saturated carbocycles. The lowest BCUT2D eigenvalue weighted by Crippen LogP contribution is -2.24. The van der Waals surface area contributed by atoms with Gasteiger partial charge in [0, 0.05) is 17.0 Å². The third-order valence-corrected chi connectivity index (χ3v) is 5.92. The highest BCUT2D eigenvalue weighted by Crippen LogP contribution is 2.40. The molecule has 0 spiro atoms. The Labute approximate surface area is 124 Å². The van der Waals surface area contributed by atoms with Crippen LogP contribution in [0.1, 0.15) is 36.8 Å². The average molecular weight is 290 g/mol. The molecular formula is C15H22N4S. The molecule has 20 heavy (non-hydrogen) atoms. The summed E-state index contributed by atoms with van der Waals surface area (Å²) in [6, 6.07) is 0. The van der Waals surface area contributed by atoms with Crippen LogP contribution in [0.15, 0.2) is 0 Å². The zero-order valence-corrected chi connectivity index (χ0v) is 13.5. The van der Waals surface area contributed by atoms with Gasteiger partial charge in [0.15, 0.2) is 0 Å². The van der Waals surface area contributed by atoms with E-state index >= 15 is 0 Å². The summed E-state index contributed by atoms with van der Waals surface area (Å²) in [6.45, 7) is 9.55. The number of aromatic nitrogens is 3. The summed E-state index contributed by atoms with van der Waals surface area (Å²) in [6.07, 6.45) is 2.59. The van der Waals surface area contributed by atoms with E-state index in [0.717, 1.165) is 23.4 Å². The van der Waals surface area contributed by atoms with Crippen molar-refractivity contribution in [1.29, 1.82) is 0 Å². The van der Waals surface area contributed by atoms with Gasteiger partial charge in [-0.2, -0.15) is 11.8 Å². The van der Waals surface area contributed by atoms with E-state index in [2.05, 4.69) is 47.1 Å². The summed E-state index contributed by atoms with van der Waals surface area (Å²) >= 11 is 2.08. The molecule has 3 rings (SSSR count). The third kappa shape index (κ3) is 2.08. The van der Waals surface area contributed by atoms with Crippen LogP contribution in [0.25, 0.3) is 11.0 Å². The number of nitrogen functional groups attached to an aromatic ring is 1. The summed E-state index contributed by atoms with van der Waals surface area (Å²) in [5.74, 6) is 2.62. The summed E-state index contributed by atoms with van der Waals surface area (Å²) in [7, 11) is 0. The van der Waals surface area contributed by atoms with E-state index in [4.69, 9.17) is 5.73 Å². The first-order valence-electron chi connectivity index (χ1n) is 7.15. The number of nitrogens with two attached hydrogens (primary N) is 1. The molecule has 0 amide bonds. The van der Waals surface area contributed by atoms with Crippen molar-refractivity contribution >= 4 is 28.6 Å². The number of rotatable bonds is 2. The zero-order chi connectivity index (χ0) is 14.5. The van der Waals surface area contributed by atoms with Crippen LogP contribution in [0.3, 0.4) is 0 Å². The summed E-state index contributed by atoms with van der Waals surface area (Å²) in [5, 5.41) is 1.03. The van der Waals surface area contributed by atoms with Crippen LogP contribution in [0, 0.1) is 20.8 Å². The lowest BCUT2D eigenvalue weighted by atomic mass is 10.1. The van der Waals surface area contributed by atoms with Crippen molar-refractivity contribution in [2.24, 2.45) is 0 Å². The van der Waals surface area contributed by atoms with E-state index in [0.29, 0.717) is 10.6 Å². The van der Waals surface area contributed by atoms with Crippen molar-refractivity contribution in [3.8, 4) is 0 Å². The fourth-order valence-electron chi connectivity index (χ4n) is 3.17. The van der Waals surface area contributed by atoms with E-state index in [1.807, 2.05) is 6.92 Å². The fourth-order valence-corrected chi connectivity index (χ4v) is 4.46. The molecule has 4 nitrogen and oxygen atoms in total. The van der Waals surface area contributed by atoms with Gasteiger partial charge in [0.25, 0.3) is 0 Å². The van der Waals surface area contributed by atoms with Crippen LogP contribution in [0.4, 0.5) is 5.82 Å². The Morgan fingerprint density at radius 3 is 2.70 bits per heavy atom. The van der Waals surface area contributed by atoms with Crippen molar-refractivity contribution < 1.29 is 0 Å². The Morgan fingerprint density at radius 1 is 1.30 bits per heavy atom. The maximum atomic E-state index is 6.11. The van der Waals surface area contributed by atoms with Crippen molar-refractivity contribution in [2.45, 2.75) is 51.8 Å². The minimum absolute atomic E-state index is 0.316. The van der Waals surface area contributed by atoms with Gasteiger partial charge < -0.3 is 10.3 Å². The first-order chi connectivity index (χ1) is 9.41. The molecule has 2 aromatic heterocycles. The van der Waals surface area contributed by atoms with E-state index < -0.39 is 0 Å². The lowest BCUT2D eigenvalue weighted by Gasteiger charge is -2.24. The van der Waals surface area contributed by atoms with E-state index in [1.54, 1.807) is 0 Å². The Morgan fingerprint density at radius 2 is 2.05 bits per heavy atom. The molecule has 0 aromatic carbocycles. The fraction of sp³-hybridized carbons (Fsp3) is 0.600. The molecule has 0 aliphatic carbocycles. The van der Waals surface area contributed by atoms with Gasteiger partial charge in [-0.05, 0) is 51.9 Å². The lowest BCUT2D eigenvalue weighted by molar-refractivity contribution is 0.511. The summed E-state index contributed by atoms with van der Waals surface area (Å²) in [5.41, 5.74) is 9.59. The number of nitrogens with zero attached hydrogens (tertiary/aromatic N) is 3. The predicted molar refractivity (Wildman–Crippen MR) is 86.2 cm³/mol. The second kappa shape index (κ2) is 4.65. The van der Waals surface area contributed by atoms with Crippen LogP contribution >= 0.6 is 11.8 Å². The molecule has 1 fully saturated rings. The molecule has 3 heterocycles. The smallest absolute Gasteiger partial charge is 0.146 e. The Balaban J connectivity index is 2.17. The summed E-state index contributed by atoms with van der Waals surface area (Å²) < 4.78 is 2.66. The van der Waals surface area contributed by atoms with Crippen molar-refractivity contribution in [3.63, 3.8) is 0 Å². The maximum absolute atomic E-state index is 6.11. The number of thioether (sulfide) groups is 1. The number of hydrogen-bond acceptors (Lipinski definition) is 4. The molecule has 5 heteroatoms. The van der Waals surface area contributed by atoms with Gasteiger partial charge in [0.2, 0.25) is 0 Å². The van der Waals surface area contributed by atoms with Gasteiger partial charge >= 0.3 is 0 Å². The Kier molecular flexibility index (Phi) is 3.20. The normalized spacial score (nSPS) is 22.8. The largest absolute Gasteiger partial charge is 0.383 e. The SMILES string of the molecule is Cc1nc(N)c2c(C)c(C)n(CC3(C)CCCS3)c2n1. The van der Waals surface area contributed by atoms with Gasteiger partial charge in [0.05, 0.1) is 5.39 Å². The first kappa shape index (κ1) is 13.7. The van der Waals surface area contributed by atoms with Crippen LogP contribution in [0.5, 0.6) is 0 Å². The number of hydrogen-bond donors (Lipinski definition) is 1. The van der Waals surface area contributed by atoms with E-state index in [1.165, 1.54) is 29.9 Å². The van der Waals surface area contributed by atoms with Crippen LogP contribution < -0.4 is 5.73 Å². The molecule has 2 N–H and O–H groups in total. The minimum atomic E-state index is 0.316. The van der Waals surface area contributed by atoms with Crippen LogP contribution in [-0.2, 0) is 6.54 Å². The molecule has 2 aromatic rings. The molecule has 1 saturated heterocycles. The molecule has 1 unspecified atom stereocenters. The first-order valence-corrected chi connectivity index (χ1v) is 8.13. The maximum Gasteiger partial charge on any atom is 0.146 e. The number of fused-ring (bicyclic) bond motifs is 1. The predicted octanol–water partition coefficient (Wildman–Crippen LogP) is 3.22. The molecule has 108 valence electrons. The van der Waals surface area contributed by atoms with Gasteiger partial charge in [0.1, 0.15) is 17.3 Å². The number of anilines is 1. The van der Waals surface area contributed by atoms with Crippen molar-refractivity contribution in [3.05, 3.63) is 17.1 Å². The highest BCUT2D eigenvalue weighted by atomic mass is 32.2. The van der Waals surface area contributed by atoms with Gasteiger partial charge in [-0.15, -0.1) is 0 Å². The quantitative estimate of drug-likeness (QED) is 0.922. The zero-order valence-electron chi connectivity index (χ0n) is 12.7. The van der Waals surface area contributed by atoms with Gasteiger partial charge in [-0.1, -0.05) is 0 Å². The molecule has 1 atom stereocenters. The monoisotopic (exact) mass is 290 g/mol. The third-order valence-electron chi connectivity index (χ3n) is 4.40. The molecule has 1 aliphatic rings. The Hall–Kier alpha value is -1.23. The van der Waals surface area contributed by atoms with Crippen LogP contribution in [0.2, 0.25) is 0 Å². The summed E-state index contributed by atoms with van der Waals surface area (Å²) in [4.78, 5) is 8.97. The van der Waals surface area contributed by atoms with Crippen LogP contribution in [-0.4, -0.2) is 25.0 Å². The average Bonchev–Trinajstić information content (AvgIpc) is 2.88. The van der Waals surface area contributed by atoms with Gasteiger partial charge in [-0.3, -0.25) is 0 Å². The van der Waals surface area contributed by atoms with Gasteiger partial charge in [-0.25, -0.2) is 9.97 Å². The van der Waals surface area contributed by atoms with E-state index in [9.17, 15) is 0 Å². The highest BCUT2D eigenvalue weighted by Gasteiger charge is 2.31.